The molecule has 1 aromatic carbocycles. The lowest BCUT2D eigenvalue weighted by molar-refractivity contribution is 0.291. The van der Waals surface area contributed by atoms with Gasteiger partial charge in [0, 0.05) is 11.8 Å². The zero-order chi connectivity index (χ0) is 14.6. The summed E-state index contributed by atoms with van der Waals surface area (Å²) >= 11 is 1.69. The number of rotatable bonds is 6. The average Bonchev–Trinajstić information content (AvgIpc) is 2.79. The lowest BCUT2D eigenvalue weighted by Gasteiger charge is -2.31. The maximum absolute atomic E-state index is 5.76. The Kier molecular flexibility index (Phi) is 5.11. The first kappa shape index (κ1) is 15.4. The van der Waals surface area contributed by atoms with Crippen molar-refractivity contribution in [1.29, 1.82) is 0 Å². The Morgan fingerprint density at radius 3 is 2.70 bits per heavy atom. The molecule has 2 aromatic rings. The second-order valence-electron chi connectivity index (χ2n) is 6.13. The van der Waals surface area contributed by atoms with Crippen molar-refractivity contribution < 1.29 is 4.42 Å². The van der Waals surface area contributed by atoms with Crippen LogP contribution in [0.25, 0.3) is 11.1 Å². The zero-order valence-electron chi connectivity index (χ0n) is 12.8. The number of nitrogens with zero attached hydrogens (tertiary/aromatic N) is 1. The largest absolute Gasteiger partial charge is 0.431 e. The number of aromatic nitrogens is 1. The fraction of sp³-hybridized carbons (Fsp3) is 0.562. The summed E-state index contributed by atoms with van der Waals surface area (Å²) < 4.78 is 5.76. The SMILES string of the molecule is CCCNC(CSc1nc2ccccc2o1)C(C)(C)C. The molecule has 0 aliphatic heterocycles. The molecule has 0 saturated carbocycles. The third-order valence-electron chi connectivity index (χ3n) is 3.33. The molecule has 0 fully saturated rings. The summed E-state index contributed by atoms with van der Waals surface area (Å²) in [6.45, 7) is 10.1. The minimum Gasteiger partial charge on any atom is -0.431 e. The Morgan fingerprint density at radius 2 is 2.05 bits per heavy atom. The molecule has 2 rings (SSSR count). The van der Waals surface area contributed by atoms with Crippen LogP contribution >= 0.6 is 11.8 Å². The molecule has 0 bridgehead atoms. The highest BCUT2D eigenvalue weighted by Crippen LogP contribution is 2.28. The van der Waals surface area contributed by atoms with E-state index in [2.05, 4.69) is 38.0 Å². The standard InChI is InChI=1S/C16H24N2OS/c1-5-10-17-14(16(2,3)4)11-20-15-18-12-8-6-7-9-13(12)19-15/h6-9,14,17H,5,10-11H2,1-4H3. The van der Waals surface area contributed by atoms with Gasteiger partial charge in [-0.25, -0.2) is 4.98 Å². The van der Waals surface area contributed by atoms with Crippen molar-refractivity contribution in [3.8, 4) is 0 Å². The van der Waals surface area contributed by atoms with Crippen LogP contribution in [0.2, 0.25) is 0 Å². The van der Waals surface area contributed by atoms with Crippen molar-refractivity contribution >= 4 is 22.9 Å². The van der Waals surface area contributed by atoms with Crippen molar-refractivity contribution in [3.63, 3.8) is 0 Å². The van der Waals surface area contributed by atoms with Gasteiger partial charge in [0.25, 0.3) is 5.22 Å². The van der Waals surface area contributed by atoms with Crippen LogP contribution in [0.15, 0.2) is 33.9 Å². The van der Waals surface area contributed by atoms with Gasteiger partial charge in [0.05, 0.1) is 0 Å². The molecule has 4 heteroatoms. The quantitative estimate of drug-likeness (QED) is 0.804. The highest BCUT2D eigenvalue weighted by atomic mass is 32.2. The van der Waals surface area contributed by atoms with E-state index >= 15 is 0 Å². The second kappa shape index (κ2) is 6.64. The number of oxazole rings is 1. The first-order valence-corrected chi connectivity index (χ1v) is 8.21. The minimum absolute atomic E-state index is 0.230. The van der Waals surface area contributed by atoms with Gasteiger partial charge in [-0.15, -0.1) is 0 Å². The Bertz CT molecular complexity index is 512. The maximum Gasteiger partial charge on any atom is 0.256 e. The van der Waals surface area contributed by atoms with Crippen LogP contribution in [0.4, 0.5) is 0 Å². The van der Waals surface area contributed by atoms with Crippen LogP contribution in [-0.2, 0) is 0 Å². The number of benzene rings is 1. The lowest BCUT2D eigenvalue weighted by Crippen LogP contribution is -2.42. The topological polar surface area (TPSA) is 38.1 Å². The third-order valence-corrected chi connectivity index (χ3v) is 4.26. The molecular formula is C16H24N2OS. The van der Waals surface area contributed by atoms with Gasteiger partial charge in [-0.3, -0.25) is 0 Å². The van der Waals surface area contributed by atoms with Crippen molar-refractivity contribution in [1.82, 2.24) is 10.3 Å². The summed E-state index contributed by atoms with van der Waals surface area (Å²) in [5.41, 5.74) is 2.03. The molecule has 0 radical (unpaired) electrons. The zero-order valence-corrected chi connectivity index (χ0v) is 13.6. The molecule has 1 N–H and O–H groups in total. The summed E-state index contributed by atoms with van der Waals surface area (Å²) in [7, 11) is 0. The molecule has 20 heavy (non-hydrogen) atoms. The van der Waals surface area contributed by atoms with E-state index in [0.29, 0.717) is 6.04 Å². The first-order valence-electron chi connectivity index (χ1n) is 7.22. The highest BCUT2D eigenvalue weighted by molar-refractivity contribution is 7.99. The van der Waals surface area contributed by atoms with E-state index in [9.17, 15) is 0 Å². The molecule has 0 aliphatic rings. The van der Waals surface area contributed by atoms with Crippen molar-refractivity contribution in [2.45, 2.75) is 45.4 Å². The molecule has 1 unspecified atom stereocenters. The number of para-hydroxylation sites is 2. The smallest absolute Gasteiger partial charge is 0.256 e. The van der Waals surface area contributed by atoms with Crippen LogP contribution in [-0.4, -0.2) is 23.3 Å². The van der Waals surface area contributed by atoms with E-state index < -0.39 is 0 Å². The molecular weight excluding hydrogens is 268 g/mol. The Hall–Kier alpha value is -1.00. The predicted molar refractivity (Wildman–Crippen MR) is 86.3 cm³/mol. The molecule has 1 heterocycles. The van der Waals surface area contributed by atoms with E-state index in [4.69, 9.17) is 4.42 Å². The summed E-state index contributed by atoms with van der Waals surface area (Å²) in [5, 5.41) is 4.39. The van der Waals surface area contributed by atoms with Gasteiger partial charge in [-0.1, -0.05) is 51.6 Å². The molecule has 1 aromatic heterocycles. The molecule has 110 valence electrons. The van der Waals surface area contributed by atoms with E-state index in [-0.39, 0.29) is 5.41 Å². The molecule has 1 atom stereocenters. The van der Waals surface area contributed by atoms with Gasteiger partial charge in [0.15, 0.2) is 5.58 Å². The molecule has 0 amide bonds. The number of thioether (sulfide) groups is 1. The summed E-state index contributed by atoms with van der Waals surface area (Å²) in [4.78, 5) is 4.52. The Balaban J connectivity index is 2.01. The van der Waals surface area contributed by atoms with Gasteiger partial charge in [0.1, 0.15) is 5.52 Å². The highest BCUT2D eigenvalue weighted by Gasteiger charge is 2.24. The van der Waals surface area contributed by atoms with Crippen molar-refractivity contribution in [3.05, 3.63) is 24.3 Å². The van der Waals surface area contributed by atoms with Gasteiger partial charge < -0.3 is 9.73 Å². The van der Waals surface area contributed by atoms with Gasteiger partial charge in [0.2, 0.25) is 0 Å². The van der Waals surface area contributed by atoms with Crippen LogP contribution in [0.1, 0.15) is 34.1 Å². The number of hydrogen-bond donors (Lipinski definition) is 1. The lowest BCUT2D eigenvalue weighted by atomic mass is 9.88. The van der Waals surface area contributed by atoms with E-state index in [1.807, 2.05) is 24.3 Å². The van der Waals surface area contributed by atoms with Crippen LogP contribution in [0.5, 0.6) is 0 Å². The minimum atomic E-state index is 0.230. The average molecular weight is 292 g/mol. The van der Waals surface area contributed by atoms with Crippen LogP contribution in [0.3, 0.4) is 0 Å². The van der Waals surface area contributed by atoms with Crippen molar-refractivity contribution in [2.24, 2.45) is 5.41 Å². The van der Waals surface area contributed by atoms with E-state index in [1.54, 1.807) is 11.8 Å². The maximum atomic E-state index is 5.76. The summed E-state index contributed by atoms with van der Waals surface area (Å²) in [6.07, 6.45) is 1.15. The molecule has 0 aliphatic carbocycles. The fourth-order valence-electron chi connectivity index (χ4n) is 2.00. The fourth-order valence-corrected chi connectivity index (χ4v) is 3.24. The number of fused-ring (bicyclic) bond motifs is 1. The molecule has 3 nitrogen and oxygen atoms in total. The van der Waals surface area contributed by atoms with Crippen molar-refractivity contribution in [2.75, 3.05) is 12.3 Å². The van der Waals surface area contributed by atoms with Gasteiger partial charge in [-0.2, -0.15) is 0 Å². The Labute approximate surface area is 125 Å². The number of nitrogens with one attached hydrogen (secondary N) is 1. The van der Waals surface area contributed by atoms with Crippen LogP contribution in [0, 0.1) is 5.41 Å². The van der Waals surface area contributed by atoms with Crippen LogP contribution < -0.4 is 5.32 Å². The summed E-state index contributed by atoms with van der Waals surface area (Å²) in [6, 6.07) is 8.35. The van der Waals surface area contributed by atoms with E-state index in [0.717, 1.165) is 35.0 Å². The Morgan fingerprint density at radius 1 is 1.30 bits per heavy atom. The van der Waals surface area contributed by atoms with E-state index in [1.165, 1.54) is 0 Å². The normalized spacial score (nSPS) is 13.8. The third kappa shape index (κ3) is 4.00. The number of hydrogen-bond acceptors (Lipinski definition) is 4. The molecule has 0 saturated heterocycles. The predicted octanol–water partition coefficient (Wildman–Crippen LogP) is 4.33. The van der Waals surface area contributed by atoms with Gasteiger partial charge in [-0.05, 0) is 30.5 Å². The monoisotopic (exact) mass is 292 g/mol. The summed E-state index contributed by atoms with van der Waals surface area (Å²) in [5.74, 6) is 0.969. The first-order chi connectivity index (χ1) is 9.50. The second-order valence-corrected chi connectivity index (χ2v) is 7.10. The van der Waals surface area contributed by atoms with Gasteiger partial charge >= 0.3 is 0 Å². The molecule has 0 spiro atoms.